The van der Waals surface area contributed by atoms with Gasteiger partial charge in [-0.15, -0.1) is 0 Å². The Morgan fingerprint density at radius 2 is 1.93 bits per heavy atom. The minimum atomic E-state index is 0.0277. The van der Waals surface area contributed by atoms with Crippen molar-refractivity contribution in [1.82, 2.24) is 5.32 Å². The Morgan fingerprint density at radius 3 is 2.67 bits per heavy atom. The first kappa shape index (κ1) is 11.6. The van der Waals surface area contributed by atoms with Crippen molar-refractivity contribution in [3.8, 4) is 0 Å². The van der Waals surface area contributed by atoms with E-state index < -0.39 is 0 Å². The summed E-state index contributed by atoms with van der Waals surface area (Å²) in [6.07, 6.45) is 0. The highest BCUT2D eigenvalue weighted by Gasteiger charge is 2.16. The van der Waals surface area contributed by atoms with Crippen molar-refractivity contribution in [2.75, 3.05) is 25.0 Å². The number of nitrogens with zero attached hydrogens (tertiary/aromatic N) is 1. The van der Waals surface area contributed by atoms with E-state index in [2.05, 4.69) is 10.2 Å². The fourth-order valence-electron chi connectivity index (χ4n) is 1.55. The van der Waals surface area contributed by atoms with Gasteiger partial charge in [-0.3, -0.25) is 4.79 Å². The van der Waals surface area contributed by atoms with E-state index in [4.69, 9.17) is 0 Å². The van der Waals surface area contributed by atoms with Gasteiger partial charge < -0.3 is 10.2 Å². The predicted molar refractivity (Wildman–Crippen MR) is 63.4 cm³/mol. The van der Waals surface area contributed by atoms with Gasteiger partial charge in [0.2, 0.25) is 0 Å². The minimum absolute atomic E-state index is 0.0277. The summed E-state index contributed by atoms with van der Waals surface area (Å²) >= 11 is 0. The molecule has 0 radical (unpaired) electrons. The molecule has 0 aromatic heterocycles. The molecule has 1 aliphatic heterocycles. The molecule has 1 N–H and O–H groups in total. The number of rotatable bonds is 0. The second-order valence-electron chi connectivity index (χ2n) is 3.19. The molecule has 82 valence electrons. The predicted octanol–water partition coefficient (Wildman–Crippen LogP) is 1.89. The van der Waals surface area contributed by atoms with Crippen molar-refractivity contribution in [3.05, 3.63) is 29.8 Å². The number of anilines is 1. The zero-order valence-electron chi connectivity index (χ0n) is 9.58. The smallest absolute Gasteiger partial charge is 0.253 e. The van der Waals surface area contributed by atoms with Gasteiger partial charge in [-0.2, -0.15) is 0 Å². The van der Waals surface area contributed by atoms with Crippen LogP contribution in [-0.4, -0.2) is 26.0 Å². The maximum atomic E-state index is 11.5. The van der Waals surface area contributed by atoms with Crippen LogP contribution in [0.1, 0.15) is 24.2 Å². The molecule has 0 unspecified atom stereocenters. The number of carbonyl (C=O) groups is 1. The first-order valence-electron chi connectivity index (χ1n) is 5.37. The van der Waals surface area contributed by atoms with Crippen LogP contribution < -0.4 is 10.2 Å². The number of hydrogen-bond donors (Lipinski definition) is 1. The Bertz CT molecular complexity index is 336. The molecule has 15 heavy (non-hydrogen) atoms. The van der Waals surface area contributed by atoms with Crippen LogP contribution in [0.3, 0.4) is 0 Å². The lowest BCUT2D eigenvalue weighted by Gasteiger charge is -2.17. The quantitative estimate of drug-likeness (QED) is 0.703. The molecule has 0 saturated heterocycles. The number of hydrogen-bond acceptors (Lipinski definition) is 2. The third kappa shape index (κ3) is 2.49. The molecule has 0 spiro atoms. The minimum Gasteiger partial charge on any atom is -0.372 e. The van der Waals surface area contributed by atoms with Crippen LogP contribution in [0.5, 0.6) is 0 Å². The summed E-state index contributed by atoms with van der Waals surface area (Å²) in [4.78, 5) is 13.6. The third-order valence-corrected chi connectivity index (χ3v) is 2.29. The number of likely N-dealkylation sites (N-methyl/N-ethyl adjacent to an activating group) is 1. The van der Waals surface area contributed by atoms with Crippen LogP contribution in [0, 0.1) is 0 Å². The van der Waals surface area contributed by atoms with E-state index in [1.54, 1.807) is 0 Å². The first-order chi connectivity index (χ1) is 7.29. The van der Waals surface area contributed by atoms with Gasteiger partial charge in [0.25, 0.3) is 5.91 Å². The molecule has 2 rings (SSSR count). The highest BCUT2D eigenvalue weighted by atomic mass is 16.1. The zero-order valence-corrected chi connectivity index (χ0v) is 9.58. The van der Waals surface area contributed by atoms with Crippen LogP contribution in [0.4, 0.5) is 5.69 Å². The van der Waals surface area contributed by atoms with Gasteiger partial charge in [-0.1, -0.05) is 26.0 Å². The summed E-state index contributed by atoms with van der Waals surface area (Å²) in [6.45, 7) is 5.58. The number of nitrogens with one attached hydrogen (secondary N) is 1. The molecule has 1 heterocycles. The van der Waals surface area contributed by atoms with Crippen LogP contribution in [-0.2, 0) is 0 Å². The maximum absolute atomic E-state index is 11.5. The van der Waals surface area contributed by atoms with Crippen molar-refractivity contribution in [2.24, 2.45) is 0 Å². The molecule has 0 bridgehead atoms. The van der Waals surface area contributed by atoms with Gasteiger partial charge >= 0.3 is 0 Å². The molecular weight excluding hydrogens is 188 g/mol. The zero-order chi connectivity index (χ0) is 11.3. The summed E-state index contributed by atoms with van der Waals surface area (Å²) in [7, 11) is 2.00. The van der Waals surface area contributed by atoms with Crippen molar-refractivity contribution < 1.29 is 4.79 Å². The lowest BCUT2D eigenvalue weighted by molar-refractivity contribution is 0.0958. The Kier molecular flexibility index (Phi) is 4.16. The van der Waals surface area contributed by atoms with Gasteiger partial charge in [-0.25, -0.2) is 0 Å². The molecule has 0 aliphatic carbocycles. The fraction of sp³-hybridized carbons (Fsp3) is 0.417. The van der Waals surface area contributed by atoms with Gasteiger partial charge in [0.1, 0.15) is 0 Å². The number of carbonyl (C=O) groups excluding carboxylic acids is 1. The molecule has 0 fully saturated rings. The van der Waals surface area contributed by atoms with E-state index in [1.807, 2.05) is 45.2 Å². The van der Waals surface area contributed by atoms with E-state index in [0.717, 1.165) is 17.8 Å². The number of para-hydroxylation sites is 1. The number of amides is 1. The van der Waals surface area contributed by atoms with E-state index in [-0.39, 0.29) is 5.91 Å². The molecule has 1 aromatic carbocycles. The standard InChI is InChI=1S/C10H12N2O.C2H6/c1-12-7-6-11-10(13)8-4-2-3-5-9(8)12;1-2/h2-5H,6-7H2,1H3,(H,11,13);1-2H3. The number of fused-ring (bicyclic) bond motifs is 1. The van der Waals surface area contributed by atoms with Crippen molar-refractivity contribution >= 4 is 11.6 Å². The highest BCUT2D eigenvalue weighted by molar-refractivity contribution is 6.00. The van der Waals surface area contributed by atoms with Crippen LogP contribution >= 0.6 is 0 Å². The van der Waals surface area contributed by atoms with E-state index >= 15 is 0 Å². The van der Waals surface area contributed by atoms with Gasteiger partial charge in [-0.05, 0) is 12.1 Å². The summed E-state index contributed by atoms with van der Waals surface area (Å²) in [6, 6.07) is 7.66. The normalized spacial score (nSPS) is 14.3. The molecular formula is C12H18N2O. The molecule has 1 aromatic rings. The average molecular weight is 206 g/mol. The van der Waals surface area contributed by atoms with Crippen LogP contribution in [0.2, 0.25) is 0 Å². The molecule has 3 heteroatoms. The second kappa shape index (κ2) is 5.39. The molecule has 0 atom stereocenters. The Morgan fingerprint density at radius 1 is 1.27 bits per heavy atom. The van der Waals surface area contributed by atoms with Crippen molar-refractivity contribution in [2.45, 2.75) is 13.8 Å². The van der Waals surface area contributed by atoms with Gasteiger partial charge in [0.15, 0.2) is 0 Å². The van der Waals surface area contributed by atoms with Crippen molar-refractivity contribution in [3.63, 3.8) is 0 Å². The van der Waals surface area contributed by atoms with Gasteiger partial charge in [0.05, 0.1) is 5.56 Å². The van der Waals surface area contributed by atoms with Gasteiger partial charge in [0, 0.05) is 25.8 Å². The van der Waals surface area contributed by atoms with E-state index in [9.17, 15) is 4.79 Å². The first-order valence-corrected chi connectivity index (χ1v) is 5.37. The van der Waals surface area contributed by atoms with Crippen LogP contribution in [0.15, 0.2) is 24.3 Å². The summed E-state index contributed by atoms with van der Waals surface area (Å²) in [5, 5.41) is 2.85. The topological polar surface area (TPSA) is 32.3 Å². The summed E-state index contributed by atoms with van der Waals surface area (Å²) in [5.41, 5.74) is 1.78. The van der Waals surface area contributed by atoms with E-state index in [0.29, 0.717) is 6.54 Å². The largest absolute Gasteiger partial charge is 0.372 e. The van der Waals surface area contributed by atoms with E-state index in [1.165, 1.54) is 0 Å². The molecule has 1 aliphatic rings. The SMILES string of the molecule is CC.CN1CCNC(=O)c2ccccc21. The summed E-state index contributed by atoms with van der Waals surface area (Å²) < 4.78 is 0. The summed E-state index contributed by atoms with van der Waals surface area (Å²) in [5.74, 6) is 0.0277. The third-order valence-electron chi connectivity index (χ3n) is 2.29. The Balaban J connectivity index is 0.000000531. The Labute approximate surface area is 91.1 Å². The lowest BCUT2D eigenvalue weighted by atomic mass is 10.1. The Hall–Kier alpha value is -1.51. The monoisotopic (exact) mass is 206 g/mol. The molecule has 1 amide bonds. The van der Waals surface area contributed by atoms with Crippen molar-refractivity contribution in [1.29, 1.82) is 0 Å². The average Bonchev–Trinajstić information content (AvgIpc) is 2.44. The molecule has 0 saturated carbocycles. The second-order valence-corrected chi connectivity index (χ2v) is 3.19. The number of benzene rings is 1. The fourth-order valence-corrected chi connectivity index (χ4v) is 1.55. The maximum Gasteiger partial charge on any atom is 0.253 e. The van der Waals surface area contributed by atoms with Crippen LogP contribution in [0.25, 0.3) is 0 Å². The highest BCUT2D eigenvalue weighted by Crippen LogP contribution is 2.19. The molecule has 3 nitrogen and oxygen atoms in total. The lowest BCUT2D eigenvalue weighted by Crippen LogP contribution is -2.27.